The number of hydrogen-bond donors (Lipinski definition) is 0. The lowest BCUT2D eigenvalue weighted by Crippen LogP contribution is -2.02. The molecular weight excluding hydrogens is 184 g/mol. The largest absolute Gasteiger partial charge is 0.465 e. The van der Waals surface area contributed by atoms with Crippen molar-refractivity contribution in [1.29, 1.82) is 0 Å². The molecule has 1 heterocycles. The van der Waals surface area contributed by atoms with E-state index in [9.17, 15) is 4.79 Å². The summed E-state index contributed by atoms with van der Waals surface area (Å²) in [6.45, 7) is 4.12. The first-order chi connectivity index (χ1) is 6.19. The molecule has 0 aliphatic heterocycles. The van der Waals surface area contributed by atoms with Crippen LogP contribution in [-0.2, 0) is 11.2 Å². The lowest BCUT2D eigenvalue weighted by molar-refractivity contribution is 0.0600. The second-order valence-corrected chi connectivity index (χ2v) is 4.28. The fourth-order valence-electron chi connectivity index (χ4n) is 1.26. The van der Waals surface area contributed by atoms with Crippen LogP contribution >= 0.6 is 11.3 Å². The van der Waals surface area contributed by atoms with E-state index in [2.05, 4.69) is 6.92 Å². The molecule has 0 radical (unpaired) electrons. The van der Waals surface area contributed by atoms with Crippen molar-refractivity contribution >= 4 is 17.3 Å². The molecule has 0 unspecified atom stereocenters. The molecule has 2 nitrogen and oxygen atoms in total. The summed E-state index contributed by atoms with van der Waals surface area (Å²) in [6, 6.07) is 1.90. The highest BCUT2D eigenvalue weighted by atomic mass is 32.1. The number of esters is 1. The molecule has 3 heteroatoms. The fraction of sp³-hybridized carbons (Fsp3) is 0.500. The smallest absolute Gasteiger partial charge is 0.338 e. The molecule has 13 heavy (non-hydrogen) atoms. The average Bonchev–Trinajstić information content (AvgIpc) is 2.46. The van der Waals surface area contributed by atoms with Gasteiger partial charge in [-0.2, -0.15) is 0 Å². The van der Waals surface area contributed by atoms with Crippen LogP contribution in [0.3, 0.4) is 0 Å². The lowest BCUT2D eigenvalue weighted by Gasteiger charge is -1.98. The molecule has 0 saturated carbocycles. The summed E-state index contributed by atoms with van der Waals surface area (Å²) in [5, 5.41) is 0. The van der Waals surface area contributed by atoms with E-state index < -0.39 is 0 Å². The zero-order chi connectivity index (χ0) is 9.84. The van der Waals surface area contributed by atoms with Gasteiger partial charge in [0.1, 0.15) is 0 Å². The molecule has 1 rings (SSSR count). The maximum absolute atomic E-state index is 11.3. The Morgan fingerprint density at radius 2 is 2.31 bits per heavy atom. The Balaban J connectivity index is 2.96. The van der Waals surface area contributed by atoms with Crippen molar-refractivity contribution in [2.45, 2.75) is 26.7 Å². The zero-order valence-electron chi connectivity index (χ0n) is 8.22. The number of carbonyl (C=O) groups excluding carboxylic acids is 1. The van der Waals surface area contributed by atoms with Crippen LogP contribution in [0.1, 0.15) is 33.5 Å². The van der Waals surface area contributed by atoms with Crippen LogP contribution in [0.4, 0.5) is 0 Å². The van der Waals surface area contributed by atoms with Gasteiger partial charge in [0.05, 0.1) is 12.7 Å². The van der Waals surface area contributed by atoms with E-state index in [4.69, 9.17) is 4.74 Å². The molecule has 1 aromatic rings. The van der Waals surface area contributed by atoms with Gasteiger partial charge >= 0.3 is 5.97 Å². The van der Waals surface area contributed by atoms with Crippen molar-refractivity contribution in [2.24, 2.45) is 0 Å². The molecule has 0 aliphatic rings. The zero-order valence-corrected chi connectivity index (χ0v) is 9.03. The summed E-state index contributed by atoms with van der Waals surface area (Å²) in [5.74, 6) is -0.215. The van der Waals surface area contributed by atoms with Crippen LogP contribution in [0.15, 0.2) is 6.07 Å². The van der Waals surface area contributed by atoms with Gasteiger partial charge in [-0.15, -0.1) is 11.3 Å². The van der Waals surface area contributed by atoms with Gasteiger partial charge in [-0.25, -0.2) is 4.79 Å². The van der Waals surface area contributed by atoms with Crippen LogP contribution in [0.2, 0.25) is 0 Å². The van der Waals surface area contributed by atoms with Gasteiger partial charge in [0.2, 0.25) is 0 Å². The molecule has 72 valence electrons. The van der Waals surface area contributed by atoms with E-state index in [0.717, 1.165) is 23.3 Å². The summed E-state index contributed by atoms with van der Waals surface area (Å²) in [6.07, 6.45) is 2.02. The molecule has 0 N–H and O–H groups in total. The Morgan fingerprint density at radius 3 is 2.85 bits per heavy atom. The minimum Gasteiger partial charge on any atom is -0.465 e. The van der Waals surface area contributed by atoms with Gasteiger partial charge in [-0.05, 0) is 19.4 Å². The third kappa shape index (κ3) is 2.31. The Bertz CT molecular complexity index is 302. The minimum absolute atomic E-state index is 0.215. The van der Waals surface area contributed by atoms with Crippen molar-refractivity contribution in [3.63, 3.8) is 0 Å². The standard InChI is InChI=1S/C10H14O2S/c1-4-5-9-8(10(11)12-3)6-7(2)13-9/h6H,4-5H2,1-3H3. The Kier molecular flexibility index (Phi) is 3.48. The van der Waals surface area contributed by atoms with E-state index in [1.807, 2.05) is 13.0 Å². The third-order valence-corrected chi connectivity index (χ3v) is 2.92. The molecule has 0 spiro atoms. The van der Waals surface area contributed by atoms with Crippen LogP contribution in [-0.4, -0.2) is 13.1 Å². The van der Waals surface area contributed by atoms with E-state index in [-0.39, 0.29) is 5.97 Å². The van der Waals surface area contributed by atoms with E-state index >= 15 is 0 Å². The van der Waals surface area contributed by atoms with E-state index in [1.165, 1.54) is 12.0 Å². The topological polar surface area (TPSA) is 26.3 Å². The normalized spacial score (nSPS) is 10.1. The highest BCUT2D eigenvalue weighted by molar-refractivity contribution is 7.12. The summed E-state index contributed by atoms with van der Waals surface area (Å²) < 4.78 is 4.70. The first-order valence-electron chi connectivity index (χ1n) is 4.36. The van der Waals surface area contributed by atoms with Crippen molar-refractivity contribution in [1.82, 2.24) is 0 Å². The van der Waals surface area contributed by atoms with E-state index in [0.29, 0.717) is 0 Å². The predicted octanol–water partition coefficient (Wildman–Crippen LogP) is 2.80. The molecule has 0 amide bonds. The van der Waals surface area contributed by atoms with Gasteiger partial charge in [0, 0.05) is 9.75 Å². The van der Waals surface area contributed by atoms with Gasteiger partial charge in [-0.1, -0.05) is 13.3 Å². The molecule has 0 saturated heterocycles. The quantitative estimate of drug-likeness (QED) is 0.698. The minimum atomic E-state index is -0.215. The predicted molar refractivity (Wildman–Crippen MR) is 54.4 cm³/mol. The van der Waals surface area contributed by atoms with Crippen molar-refractivity contribution in [3.8, 4) is 0 Å². The summed E-state index contributed by atoms with van der Waals surface area (Å²) >= 11 is 1.68. The number of carbonyl (C=O) groups is 1. The molecule has 1 aromatic heterocycles. The maximum atomic E-state index is 11.3. The monoisotopic (exact) mass is 198 g/mol. The highest BCUT2D eigenvalue weighted by Gasteiger charge is 2.13. The van der Waals surface area contributed by atoms with Crippen LogP contribution in [0.5, 0.6) is 0 Å². The SMILES string of the molecule is CCCc1sc(C)cc1C(=O)OC. The van der Waals surface area contributed by atoms with Gasteiger partial charge < -0.3 is 4.74 Å². The molecule has 0 aliphatic carbocycles. The molecule has 0 atom stereocenters. The van der Waals surface area contributed by atoms with Gasteiger partial charge in [0.15, 0.2) is 0 Å². The molecule has 0 bridgehead atoms. The Labute approximate surface area is 82.5 Å². The number of rotatable bonds is 3. The fourth-order valence-corrected chi connectivity index (χ4v) is 2.38. The number of methoxy groups -OCH3 is 1. The number of thiophene rings is 1. The van der Waals surface area contributed by atoms with Crippen molar-refractivity contribution in [2.75, 3.05) is 7.11 Å². The van der Waals surface area contributed by atoms with E-state index in [1.54, 1.807) is 11.3 Å². The third-order valence-electron chi connectivity index (χ3n) is 1.81. The molecular formula is C10H14O2S. The summed E-state index contributed by atoms with van der Waals surface area (Å²) in [4.78, 5) is 13.6. The summed E-state index contributed by atoms with van der Waals surface area (Å²) in [5.41, 5.74) is 0.742. The lowest BCUT2D eigenvalue weighted by atomic mass is 10.2. The second kappa shape index (κ2) is 4.42. The Morgan fingerprint density at radius 1 is 1.62 bits per heavy atom. The Hall–Kier alpha value is -0.830. The number of aryl methyl sites for hydroxylation is 2. The second-order valence-electron chi connectivity index (χ2n) is 2.94. The number of hydrogen-bond acceptors (Lipinski definition) is 3. The van der Waals surface area contributed by atoms with Crippen LogP contribution in [0.25, 0.3) is 0 Å². The number of ether oxygens (including phenoxy) is 1. The van der Waals surface area contributed by atoms with Gasteiger partial charge in [-0.3, -0.25) is 0 Å². The van der Waals surface area contributed by atoms with Crippen molar-refractivity contribution in [3.05, 3.63) is 21.4 Å². The van der Waals surface area contributed by atoms with Crippen molar-refractivity contribution < 1.29 is 9.53 Å². The van der Waals surface area contributed by atoms with Crippen LogP contribution in [0, 0.1) is 6.92 Å². The summed E-state index contributed by atoms with van der Waals surface area (Å²) in [7, 11) is 1.42. The van der Waals surface area contributed by atoms with Gasteiger partial charge in [0.25, 0.3) is 0 Å². The first kappa shape index (κ1) is 10.3. The molecule has 0 fully saturated rings. The first-order valence-corrected chi connectivity index (χ1v) is 5.18. The molecule has 0 aromatic carbocycles. The highest BCUT2D eigenvalue weighted by Crippen LogP contribution is 2.23. The average molecular weight is 198 g/mol. The maximum Gasteiger partial charge on any atom is 0.338 e. The van der Waals surface area contributed by atoms with Crippen LogP contribution < -0.4 is 0 Å².